The fraction of sp³-hybridized carbons (Fsp3) is 0.562. The zero-order valence-electron chi connectivity index (χ0n) is 12.2. The second-order valence-corrected chi connectivity index (χ2v) is 6.34. The molecule has 0 bridgehead atoms. The molecule has 1 unspecified atom stereocenters. The van der Waals surface area contributed by atoms with Gasteiger partial charge in [-0.3, -0.25) is 0 Å². The Balaban J connectivity index is 2.08. The Morgan fingerprint density at radius 2 is 1.80 bits per heavy atom. The summed E-state index contributed by atoms with van der Waals surface area (Å²) in [4.78, 5) is 2.30. The summed E-state index contributed by atoms with van der Waals surface area (Å²) < 4.78 is 0. The van der Waals surface area contributed by atoms with Crippen LogP contribution in [-0.4, -0.2) is 30.4 Å². The van der Waals surface area contributed by atoms with Crippen LogP contribution in [0.25, 0.3) is 0 Å². The second-order valence-electron chi connectivity index (χ2n) is 5.90. The van der Waals surface area contributed by atoms with Crippen LogP contribution in [0, 0.1) is 11.8 Å². The van der Waals surface area contributed by atoms with Crippen molar-refractivity contribution in [2.24, 2.45) is 17.0 Å². The van der Waals surface area contributed by atoms with Gasteiger partial charge >= 0.3 is 0 Å². The first-order valence-electron chi connectivity index (χ1n) is 7.21. The number of rotatable bonds is 4. The molecule has 20 heavy (non-hydrogen) atoms. The van der Waals surface area contributed by atoms with Gasteiger partial charge in [0.15, 0.2) is 0 Å². The first-order chi connectivity index (χ1) is 9.61. The van der Waals surface area contributed by atoms with Crippen LogP contribution >= 0.6 is 11.6 Å². The van der Waals surface area contributed by atoms with Crippen LogP contribution in [0.4, 0.5) is 0 Å². The number of hydrogen-bond donors (Lipinski definition) is 1. The van der Waals surface area contributed by atoms with Crippen molar-refractivity contribution < 1.29 is 5.21 Å². The largest absolute Gasteiger partial charge is 0.411 e. The lowest BCUT2D eigenvalue weighted by molar-refractivity contribution is 0.162. The first kappa shape index (κ1) is 15.3. The third-order valence-electron chi connectivity index (χ3n) is 4.31. The van der Waals surface area contributed by atoms with E-state index in [1.807, 2.05) is 12.1 Å². The van der Waals surface area contributed by atoms with Crippen molar-refractivity contribution in [3.05, 3.63) is 34.9 Å². The van der Waals surface area contributed by atoms with E-state index in [4.69, 9.17) is 16.8 Å². The molecule has 1 fully saturated rings. The normalized spacial score (nSPS) is 25.2. The van der Waals surface area contributed by atoms with Crippen molar-refractivity contribution in [3.63, 3.8) is 0 Å². The summed E-state index contributed by atoms with van der Waals surface area (Å²) in [6.07, 6.45) is 6.23. The molecule has 1 atom stereocenters. The molecule has 0 heterocycles. The molecular weight excluding hydrogens is 272 g/mol. The Morgan fingerprint density at radius 3 is 2.30 bits per heavy atom. The minimum atomic E-state index is 0.430. The maximum atomic E-state index is 8.63. The van der Waals surface area contributed by atoms with E-state index in [0.29, 0.717) is 17.9 Å². The van der Waals surface area contributed by atoms with Gasteiger partial charge in [0.05, 0.1) is 0 Å². The van der Waals surface area contributed by atoms with Crippen molar-refractivity contribution in [1.29, 1.82) is 0 Å². The summed E-state index contributed by atoms with van der Waals surface area (Å²) in [5, 5.41) is 12.6. The Kier molecular flexibility index (Phi) is 5.44. The lowest BCUT2D eigenvalue weighted by Gasteiger charge is -2.36. The van der Waals surface area contributed by atoms with E-state index in [1.165, 1.54) is 18.4 Å². The average Bonchev–Trinajstić information content (AvgIpc) is 2.43. The maximum absolute atomic E-state index is 8.63. The van der Waals surface area contributed by atoms with Crippen LogP contribution in [-0.2, 0) is 0 Å². The van der Waals surface area contributed by atoms with Gasteiger partial charge in [-0.1, -0.05) is 23.7 Å². The fourth-order valence-corrected chi connectivity index (χ4v) is 3.48. The molecule has 1 aliphatic rings. The summed E-state index contributed by atoms with van der Waals surface area (Å²) in [7, 11) is 4.28. The molecule has 1 saturated carbocycles. The maximum Gasteiger partial charge on any atom is 0.0466 e. The predicted molar refractivity (Wildman–Crippen MR) is 83.6 cm³/mol. The monoisotopic (exact) mass is 294 g/mol. The van der Waals surface area contributed by atoms with Crippen molar-refractivity contribution in [3.8, 4) is 0 Å². The summed E-state index contributed by atoms with van der Waals surface area (Å²) in [6.45, 7) is 0. The Morgan fingerprint density at radius 1 is 1.20 bits per heavy atom. The van der Waals surface area contributed by atoms with Crippen LogP contribution in [0.15, 0.2) is 29.4 Å². The predicted octanol–water partition coefficient (Wildman–Crippen LogP) is 4.21. The second kappa shape index (κ2) is 7.09. The highest BCUT2D eigenvalue weighted by molar-refractivity contribution is 6.30. The van der Waals surface area contributed by atoms with Gasteiger partial charge in [-0.25, -0.2) is 0 Å². The van der Waals surface area contributed by atoms with Crippen LogP contribution in [0.3, 0.4) is 0 Å². The van der Waals surface area contributed by atoms with Crippen molar-refractivity contribution >= 4 is 17.8 Å². The number of halogens is 1. The SMILES string of the molecule is CN(C)C(c1ccc(Cl)cc1)C1CCC(/C=N\O)CC1. The van der Waals surface area contributed by atoms with E-state index in [9.17, 15) is 0 Å². The van der Waals surface area contributed by atoms with Crippen molar-refractivity contribution in [2.45, 2.75) is 31.7 Å². The number of hydrogen-bond acceptors (Lipinski definition) is 3. The number of benzene rings is 1. The highest BCUT2D eigenvalue weighted by Crippen LogP contribution is 2.39. The lowest BCUT2D eigenvalue weighted by atomic mass is 9.76. The molecule has 4 heteroatoms. The molecule has 0 aromatic heterocycles. The number of oxime groups is 1. The molecule has 0 radical (unpaired) electrons. The summed E-state index contributed by atoms with van der Waals surface area (Å²) in [5.41, 5.74) is 1.33. The Labute approximate surface area is 126 Å². The van der Waals surface area contributed by atoms with E-state index in [-0.39, 0.29) is 0 Å². The Hall–Kier alpha value is -1.06. The zero-order valence-corrected chi connectivity index (χ0v) is 12.9. The van der Waals surface area contributed by atoms with Crippen molar-refractivity contribution in [2.75, 3.05) is 14.1 Å². The smallest absolute Gasteiger partial charge is 0.0466 e. The highest BCUT2D eigenvalue weighted by atomic mass is 35.5. The molecule has 0 saturated heterocycles. The van der Waals surface area contributed by atoms with Crippen LogP contribution < -0.4 is 0 Å². The molecule has 1 aromatic rings. The van der Waals surface area contributed by atoms with Gasteiger partial charge < -0.3 is 10.1 Å². The van der Waals surface area contributed by atoms with Crippen LogP contribution in [0.5, 0.6) is 0 Å². The summed E-state index contributed by atoms with van der Waals surface area (Å²) in [6, 6.07) is 8.64. The van der Waals surface area contributed by atoms with E-state index >= 15 is 0 Å². The molecule has 110 valence electrons. The first-order valence-corrected chi connectivity index (χ1v) is 7.59. The van der Waals surface area contributed by atoms with Crippen LogP contribution in [0.2, 0.25) is 5.02 Å². The number of nitrogens with zero attached hydrogens (tertiary/aromatic N) is 2. The topological polar surface area (TPSA) is 35.8 Å². The van der Waals surface area contributed by atoms with E-state index in [2.05, 4.69) is 36.3 Å². The molecule has 2 rings (SSSR count). The molecule has 1 aliphatic carbocycles. The van der Waals surface area contributed by atoms with Gasteiger partial charge in [-0.15, -0.1) is 5.16 Å². The van der Waals surface area contributed by atoms with Gasteiger partial charge in [0, 0.05) is 17.3 Å². The summed E-state index contributed by atoms with van der Waals surface area (Å²) in [5.74, 6) is 1.08. The zero-order chi connectivity index (χ0) is 14.5. The molecule has 1 aromatic carbocycles. The molecule has 3 nitrogen and oxygen atoms in total. The molecule has 0 aliphatic heterocycles. The lowest BCUT2D eigenvalue weighted by Crippen LogP contribution is -2.30. The fourth-order valence-electron chi connectivity index (χ4n) is 3.36. The van der Waals surface area contributed by atoms with Gasteiger partial charge in [-0.05, 0) is 69.3 Å². The van der Waals surface area contributed by atoms with Crippen molar-refractivity contribution in [1.82, 2.24) is 4.90 Å². The highest BCUT2D eigenvalue weighted by Gasteiger charge is 2.29. The van der Waals surface area contributed by atoms with Gasteiger partial charge in [0.25, 0.3) is 0 Å². The van der Waals surface area contributed by atoms with E-state index in [1.54, 1.807) is 6.21 Å². The van der Waals surface area contributed by atoms with Gasteiger partial charge in [-0.2, -0.15) is 0 Å². The Bertz CT molecular complexity index is 436. The van der Waals surface area contributed by atoms with E-state index < -0.39 is 0 Å². The summed E-state index contributed by atoms with van der Waals surface area (Å²) >= 11 is 5.98. The molecular formula is C16H23ClN2O. The van der Waals surface area contributed by atoms with Gasteiger partial charge in [0.2, 0.25) is 0 Å². The molecule has 1 N–H and O–H groups in total. The molecule has 0 amide bonds. The standard InChI is InChI=1S/C16H23ClN2O/c1-19(2)16(14-7-9-15(17)10-8-14)13-5-3-12(4-6-13)11-18-20/h7-13,16,20H,3-6H2,1-2H3/b18-11-. The molecule has 0 spiro atoms. The minimum Gasteiger partial charge on any atom is -0.411 e. The minimum absolute atomic E-state index is 0.430. The average molecular weight is 295 g/mol. The third kappa shape index (κ3) is 3.74. The van der Waals surface area contributed by atoms with E-state index in [0.717, 1.165) is 17.9 Å². The third-order valence-corrected chi connectivity index (χ3v) is 4.56. The van der Waals surface area contributed by atoms with Crippen LogP contribution in [0.1, 0.15) is 37.3 Å². The van der Waals surface area contributed by atoms with Gasteiger partial charge in [0.1, 0.15) is 0 Å². The quantitative estimate of drug-likeness (QED) is 0.513.